The van der Waals surface area contributed by atoms with Crippen molar-refractivity contribution < 1.29 is 14.3 Å². The van der Waals surface area contributed by atoms with E-state index in [9.17, 15) is 9.59 Å². The van der Waals surface area contributed by atoms with E-state index in [4.69, 9.17) is 4.74 Å². The molecule has 29 heavy (non-hydrogen) atoms. The molecule has 0 aliphatic rings. The molecule has 0 spiro atoms. The monoisotopic (exact) mass is 396 g/mol. The van der Waals surface area contributed by atoms with Gasteiger partial charge in [0.05, 0.1) is 13.5 Å². The normalized spacial score (nSPS) is 11.8. The number of hydrogen-bond donors (Lipinski definition) is 1. The molecule has 0 radical (unpaired) electrons. The second kappa shape index (κ2) is 10.6. The van der Waals surface area contributed by atoms with E-state index >= 15 is 0 Å². The molecule has 2 rings (SSSR count). The van der Waals surface area contributed by atoms with E-state index in [0.717, 1.165) is 22.4 Å². The SMILES string of the molecule is CC[C@H](C(=O)NC(C)C)N(Cc1ccc(OC)cc1)C(=O)Cc1ccc(C)cc1. The van der Waals surface area contributed by atoms with Gasteiger partial charge in [-0.15, -0.1) is 0 Å². The number of nitrogens with zero attached hydrogens (tertiary/aromatic N) is 1. The summed E-state index contributed by atoms with van der Waals surface area (Å²) in [6, 6.07) is 15.0. The second-order valence-electron chi connectivity index (χ2n) is 7.62. The lowest BCUT2D eigenvalue weighted by Gasteiger charge is -2.31. The van der Waals surface area contributed by atoms with Gasteiger partial charge in [0.15, 0.2) is 0 Å². The highest BCUT2D eigenvalue weighted by molar-refractivity contribution is 5.88. The molecule has 0 saturated heterocycles. The van der Waals surface area contributed by atoms with Crippen molar-refractivity contribution >= 4 is 11.8 Å². The summed E-state index contributed by atoms with van der Waals surface area (Å²) < 4.78 is 5.22. The number of methoxy groups -OCH3 is 1. The molecule has 2 amide bonds. The number of hydrogen-bond acceptors (Lipinski definition) is 3. The minimum absolute atomic E-state index is 0.0200. The van der Waals surface area contributed by atoms with Gasteiger partial charge in [-0.2, -0.15) is 0 Å². The Labute approximate surface area is 174 Å². The Morgan fingerprint density at radius 1 is 1.00 bits per heavy atom. The van der Waals surface area contributed by atoms with Crippen molar-refractivity contribution in [3.8, 4) is 5.75 Å². The average Bonchev–Trinajstić information content (AvgIpc) is 2.69. The van der Waals surface area contributed by atoms with Crippen molar-refractivity contribution in [2.75, 3.05) is 7.11 Å². The lowest BCUT2D eigenvalue weighted by molar-refractivity contribution is -0.141. The van der Waals surface area contributed by atoms with E-state index < -0.39 is 6.04 Å². The molecule has 1 N–H and O–H groups in total. The van der Waals surface area contributed by atoms with Gasteiger partial charge in [0.25, 0.3) is 0 Å². The first-order valence-corrected chi connectivity index (χ1v) is 10.1. The van der Waals surface area contributed by atoms with E-state index in [1.54, 1.807) is 12.0 Å². The average molecular weight is 397 g/mol. The number of benzene rings is 2. The third-order valence-corrected chi connectivity index (χ3v) is 4.80. The van der Waals surface area contributed by atoms with Crippen LogP contribution in [0.2, 0.25) is 0 Å². The molecular weight excluding hydrogens is 364 g/mol. The van der Waals surface area contributed by atoms with Crippen LogP contribution in [0.4, 0.5) is 0 Å². The van der Waals surface area contributed by atoms with Gasteiger partial charge in [0.1, 0.15) is 11.8 Å². The van der Waals surface area contributed by atoms with E-state index in [1.807, 2.05) is 76.2 Å². The smallest absolute Gasteiger partial charge is 0.243 e. The minimum atomic E-state index is -0.516. The Bertz CT molecular complexity index is 798. The molecule has 0 fully saturated rings. The Morgan fingerprint density at radius 3 is 2.10 bits per heavy atom. The molecule has 0 unspecified atom stereocenters. The number of amides is 2. The minimum Gasteiger partial charge on any atom is -0.497 e. The standard InChI is InChI=1S/C24H32N2O3/c1-6-22(24(28)25-17(2)3)26(16-20-11-13-21(29-5)14-12-20)23(27)15-19-9-7-18(4)8-10-19/h7-14,17,22H,6,15-16H2,1-5H3,(H,25,28)/t22-/m1/s1. The number of nitrogens with one attached hydrogen (secondary N) is 1. The maximum Gasteiger partial charge on any atom is 0.243 e. The van der Waals surface area contributed by atoms with Gasteiger partial charge in [-0.25, -0.2) is 0 Å². The summed E-state index contributed by atoms with van der Waals surface area (Å²) in [7, 11) is 1.62. The van der Waals surface area contributed by atoms with Crippen LogP contribution in [0.25, 0.3) is 0 Å². The van der Waals surface area contributed by atoms with E-state index in [-0.39, 0.29) is 24.3 Å². The van der Waals surface area contributed by atoms with Gasteiger partial charge in [0, 0.05) is 12.6 Å². The molecule has 1 atom stereocenters. The first kappa shape index (κ1) is 22.5. The largest absolute Gasteiger partial charge is 0.497 e. The zero-order valence-electron chi connectivity index (χ0n) is 18.1. The number of carbonyl (C=O) groups excluding carboxylic acids is 2. The molecule has 0 heterocycles. The quantitative estimate of drug-likeness (QED) is 0.700. The molecule has 0 bridgehead atoms. The van der Waals surface area contributed by atoms with Crippen LogP contribution in [0.15, 0.2) is 48.5 Å². The summed E-state index contributed by atoms with van der Waals surface area (Å²) in [5.74, 6) is 0.583. The van der Waals surface area contributed by atoms with Crippen molar-refractivity contribution in [2.24, 2.45) is 0 Å². The summed E-state index contributed by atoms with van der Waals surface area (Å²) in [5.41, 5.74) is 3.05. The zero-order chi connectivity index (χ0) is 21.4. The highest BCUT2D eigenvalue weighted by Gasteiger charge is 2.28. The van der Waals surface area contributed by atoms with Crippen molar-refractivity contribution in [1.82, 2.24) is 10.2 Å². The summed E-state index contributed by atoms with van der Waals surface area (Å²) >= 11 is 0. The molecular formula is C24H32N2O3. The molecule has 0 aliphatic carbocycles. The van der Waals surface area contributed by atoms with Crippen LogP contribution in [0, 0.1) is 6.92 Å². The molecule has 5 heteroatoms. The van der Waals surface area contributed by atoms with Crippen molar-refractivity contribution in [3.05, 3.63) is 65.2 Å². The maximum absolute atomic E-state index is 13.2. The van der Waals surface area contributed by atoms with E-state index in [0.29, 0.717) is 13.0 Å². The molecule has 0 saturated carbocycles. The zero-order valence-corrected chi connectivity index (χ0v) is 18.1. The van der Waals surface area contributed by atoms with Crippen LogP contribution in [-0.2, 0) is 22.6 Å². The lowest BCUT2D eigenvalue weighted by atomic mass is 10.1. The van der Waals surface area contributed by atoms with E-state index in [2.05, 4.69) is 5.32 Å². The van der Waals surface area contributed by atoms with E-state index in [1.165, 1.54) is 0 Å². The summed E-state index contributed by atoms with van der Waals surface area (Å²) in [6.07, 6.45) is 0.816. The third kappa shape index (κ3) is 6.63. The second-order valence-corrected chi connectivity index (χ2v) is 7.62. The van der Waals surface area contributed by atoms with Crippen LogP contribution in [-0.4, -0.2) is 35.9 Å². The molecule has 5 nitrogen and oxygen atoms in total. The predicted molar refractivity (Wildman–Crippen MR) is 116 cm³/mol. The third-order valence-electron chi connectivity index (χ3n) is 4.80. The summed E-state index contributed by atoms with van der Waals surface area (Å²) in [5, 5.41) is 2.95. The number of aryl methyl sites for hydroxylation is 1. The Morgan fingerprint density at radius 2 is 1.59 bits per heavy atom. The van der Waals surface area contributed by atoms with Crippen LogP contribution >= 0.6 is 0 Å². The van der Waals surface area contributed by atoms with Gasteiger partial charge >= 0.3 is 0 Å². The van der Waals surface area contributed by atoms with Crippen LogP contribution in [0.1, 0.15) is 43.9 Å². The maximum atomic E-state index is 13.2. The topological polar surface area (TPSA) is 58.6 Å². The Balaban J connectivity index is 2.27. The fourth-order valence-electron chi connectivity index (χ4n) is 3.21. The molecule has 156 valence electrons. The Hall–Kier alpha value is -2.82. The Kier molecular flexibility index (Phi) is 8.25. The van der Waals surface area contributed by atoms with Crippen LogP contribution in [0.5, 0.6) is 5.75 Å². The first-order chi connectivity index (χ1) is 13.8. The first-order valence-electron chi connectivity index (χ1n) is 10.1. The van der Waals surface area contributed by atoms with Crippen molar-refractivity contribution in [3.63, 3.8) is 0 Å². The number of rotatable bonds is 9. The van der Waals surface area contributed by atoms with Crippen molar-refractivity contribution in [1.29, 1.82) is 0 Å². The predicted octanol–water partition coefficient (Wildman–Crippen LogP) is 3.88. The highest BCUT2D eigenvalue weighted by atomic mass is 16.5. The van der Waals surface area contributed by atoms with Crippen LogP contribution < -0.4 is 10.1 Å². The number of carbonyl (C=O) groups is 2. The molecule has 0 aliphatic heterocycles. The lowest BCUT2D eigenvalue weighted by Crippen LogP contribution is -2.50. The van der Waals surface area contributed by atoms with Crippen molar-refractivity contribution in [2.45, 2.75) is 59.2 Å². The fourth-order valence-corrected chi connectivity index (χ4v) is 3.21. The van der Waals surface area contributed by atoms with Gasteiger partial charge in [-0.05, 0) is 50.5 Å². The van der Waals surface area contributed by atoms with Gasteiger partial charge in [-0.1, -0.05) is 48.9 Å². The molecule has 2 aromatic rings. The fraction of sp³-hybridized carbons (Fsp3) is 0.417. The van der Waals surface area contributed by atoms with Gasteiger partial charge < -0.3 is 15.0 Å². The van der Waals surface area contributed by atoms with Gasteiger partial charge in [0.2, 0.25) is 11.8 Å². The summed E-state index contributed by atoms with van der Waals surface area (Å²) in [4.78, 5) is 27.7. The molecule has 2 aromatic carbocycles. The van der Waals surface area contributed by atoms with Crippen LogP contribution in [0.3, 0.4) is 0 Å². The molecule has 0 aromatic heterocycles. The summed E-state index contributed by atoms with van der Waals surface area (Å²) in [6.45, 7) is 8.17. The highest BCUT2D eigenvalue weighted by Crippen LogP contribution is 2.18. The van der Waals surface area contributed by atoms with Gasteiger partial charge in [-0.3, -0.25) is 9.59 Å². The number of ether oxygens (including phenoxy) is 1.